The lowest BCUT2D eigenvalue weighted by Gasteiger charge is -2.29. The maximum Gasteiger partial charge on any atom is 0.417 e. The summed E-state index contributed by atoms with van der Waals surface area (Å²) in [5.74, 6) is -0.395. The fraction of sp³-hybridized carbons (Fsp3) is 0.208. The predicted octanol–water partition coefficient (Wildman–Crippen LogP) is 4.73. The van der Waals surface area contributed by atoms with Crippen molar-refractivity contribution in [1.82, 2.24) is 15.0 Å². The molecule has 1 saturated heterocycles. The van der Waals surface area contributed by atoms with Crippen molar-refractivity contribution in [2.24, 2.45) is 0 Å². The second-order valence-electron chi connectivity index (χ2n) is 7.81. The number of anilines is 2. The van der Waals surface area contributed by atoms with Crippen molar-refractivity contribution in [2.45, 2.75) is 6.18 Å². The Bertz CT molecular complexity index is 1330. The van der Waals surface area contributed by atoms with Gasteiger partial charge in [-0.25, -0.2) is 4.98 Å². The van der Waals surface area contributed by atoms with Crippen molar-refractivity contribution in [2.75, 3.05) is 36.5 Å². The number of benzene rings is 2. The normalized spacial score (nSPS) is 14.4. The van der Waals surface area contributed by atoms with Gasteiger partial charge in [-0.1, -0.05) is 6.07 Å². The van der Waals surface area contributed by atoms with Gasteiger partial charge in [0.2, 0.25) is 0 Å². The monoisotopic (exact) mass is 467 g/mol. The molecule has 0 spiro atoms. The number of pyridine rings is 1. The molecule has 34 heavy (non-hydrogen) atoms. The molecule has 0 aliphatic carbocycles. The van der Waals surface area contributed by atoms with Crippen LogP contribution in [0.5, 0.6) is 0 Å². The van der Waals surface area contributed by atoms with Crippen LogP contribution >= 0.6 is 0 Å². The molecule has 10 heteroatoms. The Kier molecular flexibility index (Phi) is 5.66. The van der Waals surface area contributed by atoms with E-state index < -0.39 is 17.6 Å². The minimum atomic E-state index is -4.57. The number of fused-ring (bicyclic) bond motifs is 1. The topological polar surface area (TPSA) is 83.1 Å². The second-order valence-corrected chi connectivity index (χ2v) is 7.81. The van der Waals surface area contributed by atoms with Crippen molar-refractivity contribution in [1.29, 1.82) is 0 Å². The largest absolute Gasteiger partial charge is 0.417 e. The molecule has 0 radical (unpaired) electrons. The molecule has 2 aromatic carbocycles. The predicted molar refractivity (Wildman–Crippen MR) is 122 cm³/mol. The molecule has 1 fully saturated rings. The highest BCUT2D eigenvalue weighted by Gasteiger charge is 2.35. The van der Waals surface area contributed by atoms with E-state index in [4.69, 9.17) is 4.74 Å². The summed E-state index contributed by atoms with van der Waals surface area (Å²) < 4.78 is 47.0. The Hall–Kier alpha value is -3.92. The molecule has 7 nitrogen and oxygen atoms in total. The number of rotatable bonds is 4. The number of H-pyrrole nitrogens is 1. The average Bonchev–Trinajstić information content (AvgIpc) is 3.29. The number of nitrogens with one attached hydrogen (secondary N) is 2. The molecule has 2 N–H and O–H groups in total. The standard InChI is InChI=1S/C24H20F3N5O2/c25-24(26,27)19-7-6-16(32-9-11-34-12-10-32)13-18(19)22-30-20-5-1-4-17(21(20)31-22)23(33)29-15-3-2-8-28-14-15/h1-8,13-14H,9-12H2,(H,29,33)(H,30,31). The molecule has 174 valence electrons. The summed E-state index contributed by atoms with van der Waals surface area (Å²) in [5, 5.41) is 2.73. The van der Waals surface area contributed by atoms with Crippen LogP contribution in [-0.4, -0.2) is 47.2 Å². The third kappa shape index (κ3) is 4.32. The zero-order valence-electron chi connectivity index (χ0n) is 17.9. The molecule has 1 aliphatic heterocycles. The van der Waals surface area contributed by atoms with Crippen LogP contribution in [0.3, 0.4) is 0 Å². The Balaban J connectivity index is 1.57. The van der Waals surface area contributed by atoms with Crippen molar-refractivity contribution in [3.63, 3.8) is 0 Å². The van der Waals surface area contributed by atoms with E-state index in [2.05, 4.69) is 20.3 Å². The second kappa shape index (κ2) is 8.79. The van der Waals surface area contributed by atoms with Gasteiger partial charge in [-0.05, 0) is 42.5 Å². The highest BCUT2D eigenvalue weighted by molar-refractivity contribution is 6.11. The number of carbonyl (C=O) groups excluding carboxylic acids is 1. The number of aromatic amines is 1. The summed E-state index contributed by atoms with van der Waals surface area (Å²) in [6.07, 6.45) is -1.49. The van der Waals surface area contributed by atoms with Crippen LogP contribution in [0.25, 0.3) is 22.4 Å². The molecule has 0 atom stereocenters. The molecule has 0 unspecified atom stereocenters. The lowest BCUT2D eigenvalue weighted by molar-refractivity contribution is -0.137. The lowest BCUT2D eigenvalue weighted by atomic mass is 10.0. The molecule has 2 aromatic heterocycles. The van der Waals surface area contributed by atoms with Crippen LogP contribution in [0.15, 0.2) is 60.9 Å². The van der Waals surface area contributed by atoms with Gasteiger partial charge in [0.1, 0.15) is 11.3 Å². The van der Waals surface area contributed by atoms with Crippen molar-refractivity contribution in [3.8, 4) is 11.4 Å². The number of hydrogen-bond donors (Lipinski definition) is 2. The maximum atomic E-state index is 13.9. The fourth-order valence-corrected chi connectivity index (χ4v) is 3.97. The number of morpholine rings is 1. The number of aromatic nitrogens is 3. The lowest BCUT2D eigenvalue weighted by Crippen LogP contribution is -2.36. The number of amides is 1. The number of halogens is 3. The maximum absolute atomic E-state index is 13.9. The van der Waals surface area contributed by atoms with E-state index >= 15 is 0 Å². The van der Waals surface area contributed by atoms with Gasteiger partial charge in [0.05, 0.1) is 41.7 Å². The SMILES string of the molecule is O=C(Nc1cccnc1)c1cccc2[nH]c(-c3cc(N4CCOCC4)ccc3C(F)(F)F)nc12. The van der Waals surface area contributed by atoms with Gasteiger partial charge < -0.3 is 19.9 Å². The molecule has 3 heterocycles. The van der Waals surface area contributed by atoms with Crippen LogP contribution in [0.1, 0.15) is 15.9 Å². The summed E-state index contributed by atoms with van der Waals surface area (Å²) in [6, 6.07) is 12.3. The summed E-state index contributed by atoms with van der Waals surface area (Å²) in [7, 11) is 0. The first kappa shape index (κ1) is 21.9. The quantitative estimate of drug-likeness (QED) is 0.453. The minimum absolute atomic E-state index is 0.0408. The van der Waals surface area contributed by atoms with E-state index in [1.807, 2.05) is 4.90 Å². The zero-order chi connectivity index (χ0) is 23.7. The third-order valence-electron chi connectivity index (χ3n) is 5.62. The van der Waals surface area contributed by atoms with Crippen LogP contribution < -0.4 is 10.2 Å². The van der Waals surface area contributed by atoms with Crippen molar-refractivity contribution in [3.05, 3.63) is 72.1 Å². The van der Waals surface area contributed by atoms with E-state index in [0.29, 0.717) is 43.2 Å². The Morgan fingerprint density at radius 3 is 2.65 bits per heavy atom. The number of nitrogens with zero attached hydrogens (tertiary/aromatic N) is 3. The van der Waals surface area contributed by atoms with Crippen molar-refractivity contribution < 1.29 is 22.7 Å². The molecular weight excluding hydrogens is 447 g/mol. The molecule has 5 rings (SSSR count). The minimum Gasteiger partial charge on any atom is -0.378 e. The Morgan fingerprint density at radius 1 is 1.09 bits per heavy atom. The van der Waals surface area contributed by atoms with Crippen LogP contribution in [-0.2, 0) is 10.9 Å². The summed E-state index contributed by atoms with van der Waals surface area (Å²) in [5.41, 5.74) is 1.25. The van der Waals surface area contributed by atoms with Gasteiger partial charge in [0.15, 0.2) is 0 Å². The Morgan fingerprint density at radius 2 is 1.91 bits per heavy atom. The van der Waals surface area contributed by atoms with Crippen LogP contribution in [0, 0.1) is 0 Å². The Labute approximate surface area is 192 Å². The van der Waals surface area contributed by atoms with Crippen LogP contribution in [0.2, 0.25) is 0 Å². The first-order valence-electron chi connectivity index (χ1n) is 10.6. The highest BCUT2D eigenvalue weighted by atomic mass is 19.4. The van der Waals surface area contributed by atoms with Gasteiger partial charge in [-0.15, -0.1) is 0 Å². The summed E-state index contributed by atoms with van der Waals surface area (Å²) in [6.45, 7) is 2.19. The van der Waals surface area contributed by atoms with E-state index in [1.54, 1.807) is 36.5 Å². The van der Waals surface area contributed by atoms with E-state index in [9.17, 15) is 18.0 Å². The van der Waals surface area contributed by atoms with E-state index in [1.165, 1.54) is 18.3 Å². The first-order valence-corrected chi connectivity index (χ1v) is 10.6. The fourth-order valence-electron chi connectivity index (χ4n) is 3.97. The molecule has 1 aliphatic rings. The molecule has 0 bridgehead atoms. The van der Waals surface area contributed by atoms with Gasteiger partial charge >= 0.3 is 6.18 Å². The molecule has 1 amide bonds. The molecule has 0 saturated carbocycles. The van der Waals surface area contributed by atoms with Crippen LogP contribution in [0.4, 0.5) is 24.5 Å². The highest BCUT2D eigenvalue weighted by Crippen LogP contribution is 2.39. The molecule has 4 aromatic rings. The third-order valence-corrected chi connectivity index (χ3v) is 5.62. The number of alkyl halides is 3. The summed E-state index contributed by atoms with van der Waals surface area (Å²) >= 11 is 0. The molecular formula is C24H20F3N5O2. The first-order chi connectivity index (χ1) is 16.4. The van der Waals surface area contributed by atoms with Gasteiger partial charge in [-0.3, -0.25) is 9.78 Å². The number of ether oxygens (including phenoxy) is 1. The number of carbonyl (C=O) groups is 1. The summed E-state index contributed by atoms with van der Waals surface area (Å²) in [4.78, 5) is 26.2. The zero-order valence-corrected chi connectivity index (χ0v) is 17.9. The van der Waals surface area contributed by atoms with Gasteiger partial charge in [0.25, 0.3) is 5.91 Å². The van der Waals surface area contributed by atoms with Gasteiger partial charge in [0, 0.05) is 30.5 Å². The van der Waals surface area contributed by atoms with Gasteiger partial charge in [-0.2, -0.15) is 13.2 Å². The number of imidazole rings is 1. The van der Waals surface area contributed by atoms with E-state index in [0.717, 1.165) is 6.07 Å². The average molecular weight is 467 g/mol. The number of para-hydroxylation sites is 1. The van der Waals surface area contributed by atoms with Crippen molar-refractivity contribution >= 4 is 28.3 Å². The number of hydrogen-bond acceptors (Lipinski definition) is 5. The smallest absolute Gasteiger partial charge is 0.378 e. The van der Waals surface area contributed by atoms with E-state index in [-0.39, 0.29) is 22.5 Å².